The van der Waals surface area contributed by atoms with Crippen LogP contribution >= 0.6 is 22.9 Å². The minimum absolute atomic E-state index is 0.115. The lowest BCUT2D eigenvalue weighted by molar-refractivity contribution is 0.0697. The predicted molar refractivity (Wildman–Crippen MR) is 75.2 cm³/mol. The first-order chi connectivity index (χ1) is 9.06. The van der Waals surface area contributed by atoms with Gasteiger partial charge in [0.15, 0.2) is 0 Å². The summed E-state index contributed by atoms with van der Waals surface area (Å²) in [5, 5.41) is 15.1. The quantitative estimate of drug-likeness (QED) is 0.829. The molecule has 2 rings (SSSR count). The van der Waals surface area contributed by atoms with Crippen molar-refractivity contribution < 1.29 is 9.90 Å². The van der Waals surface area contributed by atoms with E-state index in [4.69, 9.17) is 16.7 Å². The third-order valence-electron chi connectivity index (χ3n) is 2.50. The zero-order valence-corrected chi connectivity index (χ0v) is 11.7. The van der Waals surface area contributed by atoms with E-state index in [-0.39, 0.29) is 16.6 Å². The number of carboxylic acid groups (broad SMARTS) is 1. The third-order valence-corrected chi connectivity index (χ3v) is 3.70. The summed E-state index contributed by atoms with van der Waals surface area (Å²) >= 11 is 7.37. The number of carboxylic acids is 1. The Kier molecular flexibility index (Phi) is 4.34. The molecule has 1 atom stereocenters. The molecule has 2 N–H and O–H groups in total. The molecule has 0 saturated heterocycles. The molecule has 19 heavy (non-hydrogen) atoms. The zero-order chi connectivity index (χ0) is 13.8. The normalized spacial score (nSPS) is 12.1. The Hall–Kier alpha value is -1.66. The average molecular weight is 298 g/mol. The standard InChI is InChI=1S/C12H12ClN3O2S/c1-7(11-14-2-3-19-11)6-15-10-5-8(12(17)18)4-9(13)16-10/h2-5,7H,6H2,1H3,(H,15,16)(H,17,18). The second-order valence-corrected chi connectivity index (χ2v) is 5.33. The molecular formula is C12H12ClN3O2S. The molecule has 0 radical (unpaired) electrons. The van der Waals surface area contributed by atoms with Crippen LogP contribution < -0.4 is 5.32 Å². The number of aromatic carboxylic acids is 1. The Bertz CT molecular complexity index is 574. The van der Waals surface area contributed by atoms with Gasteiger partial charge in [0.25, 0.3) is 0 Å². The lowest BCUT2D eigenvalue weighted by Gasteiger charge is -2.11. The summed E-state index contributed by atoms with van der Waals surface area (Å²) < 4.78 is 0. The largest absolute Gasteiger partial charge is 0.478 e. The number of pyridine rings is 1. The van der Waals surface area contributed by atoms with E-state index in [0.29, 0.717) is 12.4 Å². The van der Waals surface area contributed by atoms with E-state index in [2.05, 4.69) is 15.3 Å². The molecule has 2 heterocycles. The van der Waals surface area contributed by atoms with Crippen LogP contribution in [0.25, 0.3) is 0 Å². The molecule has 5 nitrogen and oxygen atoms in total. The van der Waals surface area contributed by atoms with Crippen molar-refractivity contribution in [1.82, 2.24) is 9.97 Å². The van der Waals surface area contributed by atoms with Crippen LogP contribution in [0.2, 0.25) is 5.15 Å². The highest BCUT2D eigenvalue weighted by Gasteiger charge is 2.10. The highest BCUT2D eigenvalue weighted by Crippen LogP contribution is 2.19. The smallest absolute Gasteiger partial charge is 0.335 e. The van der Waals surface area contributed by atoms with Gasteiger partial charge in [-0.05, 0) is 12.1 Å². The van der Waals surface area contributed by atoms with Gasteiger partial charge in [-0.15, -0.1) is 11.3 Å². The van der Waals surface area contributed by atoms with E-state index in [1.54, 1.807) is 17.5 Å². The van der Waals surface area contributed by atoms with E-state index in [1.165, 1.54) is 12.1 Å². The van der Waals surface area contributed by atoms with E-state index >= 15 is 0 Å². The monoisotopic (exact) mass is 297 g/mol. The molecule has 7 heteroatoms. The first-order valence-corrected chi connectivity index (χ1v) is 6.86. The van der Waals surface area contributed by atoms with Gasteiger partial charge in [0.05, 0.1) is 10.6 Å². The number of thiazole rings is 1. The van der Waals surface area contributed by atoms with Crippen LogP contribution in [0, 0.1) is 0 Å². The number of carbonyl (C=O) groups is 1. The van der Waals surface area contributed by atoms with Crippen molar-refractivity contribution in [3.8, 4) is 0 Å². The number of anilines is 1. The van der Waals surface area contributed by atoms with E-state index < -0.39 is 5.97 Å². The molecule has 0 aliphatic heterocycles. The highest BCUT2D eigenvalue weighted by molar-refractivity contribution is 7.09. The molecule has 2 aromatic rings. The summed E-state index contributed by atoms with van der Waals surface area (Å²) in [5.41, 5.74) is 0.115. The number of nitrogens with zero attached hydrogens (tertiary/aromatic N) is 2. The Morgan fingerprint density at radius 3 is 3.00 bits per heavy atom. The minimum Gasteiger partial charge on any atom is -0.478 e. The van der Waals surface area contributed by atoms with Crippen LogP contribution in [0.3, 0.4) is 0 Å². The summed E-state index contributed by atoms with van der Waals surface area (Å²) in [7, 11) is 0. The Labute approximate surface area is 119 Å². The Morgan fingerprint density at radius 2 is 2.37 bits per heavy atom. The zero-order valence-electron chi connectivity index (χ0n) is 10.1. The van der Waals surface area contributed by atoms with Crippen molar-refractivity contribution in [3.05, 3.63) is 39.4 Å². The van der Waals surface area contributed by atoms with Gasteiger partial charge in [0.1, 0.15) is 11.0 Å². The van der Waals surface area contributed by atoms with Gasteiger partial charge in [-0.25, -0.2) is 14.8 Å². The topological polar surface area (TPSA) is 75.1 Å². The summed E-state index contributed by atoms with van der Waals surface area (Å²) in [6.45, 7) is 2.65. The molecule has 0 bridgehead atoms. The maximum atomic E-state index is 10.9. The van der Waals surface area contributed by atoms with Crippen LogP contribution in [-0.4, -0.2) is 27.6 Å². The molecule has 0 aliphatic rings. The molecule has 0 amide bonds. The van der Waals surface area contributed by atoms with Crippen molar-refractivity contribution in [3.63, 3.8) is 0 Å². The minimum atomic E-state index is -1.03. The number of halogens is 1. The van der Waals surface area contributed by atoms with Crippen LogP contribution in [0.5, 0.6) is 0 Å². The lowest BCUT2D eigenvalue weighted by atomic mass is 10.2. The van der Waals surface area contributed by atoms with Gasteiger partial charge in [-0.3, -0.25) is 0 Å². The highest BCUT2D eigenvalue weighted by atomic mass is 35.5. The second-order valence-electron chi connectivity index (χ2n) is 4.02. The fourth-order valence-electron chi connectivity index (χ4n) is 1.53. The molecule has 1 unspecified atom stereocenters. The van der Waals surface area contributed by atoms with Crippen molar-refractivity contribution in [1.29, 1.82) is 0 Å². The second kappa shape index (κ2) is 5.99. The number of hydrogen-bond acceptors (Lipinski definition) is 5. The summed E-state index contributed by atoms with van der Waals surface area (Å²) in [4.78, 5) is 19.2. The molecule has 0 aromatic carbocycles. The van der Waals surface area contributed by atoms with E-state index in [1.807, 2.05) is 12.3 Å². The van der Waals surface area contributed by atoms with Crippen molar-refractivity contribution in [2.24, 2.45) is 0 Å². The van der Waals surface area contributed by atoms with E-state index in [9.17, 15) is 4.79 Å². The third kappa shape index (κ3) is 3.65. The van der Waals surface area contributed by atoms with E-state index in [0.717, 1.165) is 5.01 Å². The fourth-order valence-corrected chi connectivity index (χ4v) is 2.44. The van der Waals surface area contributed by atoms with Gasteiger partial charge >= 0.3 is 5.97 Å². The molecule has 0 spiro atoms. The summed E-state index contributed by atoms with van der Waals surface area (Å²) in [6.07, 6.45) is 1.76. The summed E-state index contributed by atoms with van der Waals surface area (Å²) in [5.74, 6) is -0.359. The average Bonchev–Trinajstić information content (AvgIpc) is 2.89. The van der Waals surface area contributed by atoms with Gasteiger partial charge in [-0.2, -0.15) is 0 Å². The predicted octanol–water partition coefficient (Wildman–Crippen LogP) is 3.11. The van der Waals surface area contributed by atoms with Crippen molar-refractivity contribution in [2.45, 2.75) is 12.8 Å². The molecule has 0 saturated carbocycles. The van der Waals surface area contributed by atoms with Crippen LogP contribution in [0.1, 0.15) is 28.2 Å². The molecule has 2 aromatic heterocycles. The lowest BCUT2D eigenvalue weighted by Crippen LogP contribution is -2.11. The SMILES string of the molecule is CC(CNc1cc(C(=O)O)cc(Cl)n1)c1nccs1. The summed E-state index contributed by atoms with van der Waals surface area (Å²) in [6, 6.07) is 2.78. The van der Waals surface area contributed by atoms with Crippen molar-refractivity contribution >= 4 is 34.7 Å². The van der Waals surface area contributed by atoms with Gasteiger partial charge in [0.2, 0.25) is 0 Å². The molecule has 0 aliphatic carbocycles. The number of rotatable bonds is 5. The Morgan fingerprint density at radius 1 is 1.58 bits per heavy atom. The molecule has 100 valence electrons. The Balaban J connectivity index is 2.05. The number of hydrogen-bond donors (Lipinski definition) is 2. The fraction of sp³-hybridized carbons (Fsp3) is 0.250. The van der Waals surface area contributed by atoms with Gasteiger partial charge < -0.3 is 10.4 Å². The molecular weight excluding hydrogens is 286 g/mol. The maximum absolute atomic E-state index is 10.9. The first kappa shape index (κ1) is 13.8. The van der Waals surface area contributed by atoms with Gasteiger partial charge in [-0.1, -0.05) is 18.5 Å². The number of nitrogens with one attached hydrogen (secondary N) is 1. The van der Waals surface area contributed by atoms with Crippen LogP contribution in [-0.2, 0) is 0 Å². The number of aromatic nitrogens is 2. The van der Waals surface area contributed by atoms with Gasteiger partial charge in [0, 0.05) is 24.0 Å². The van der Waals surface area contributed by atoms with Crippen LogP contribution in [0.15, 0.2) is 23.7 Å². The first-order valence-electron chi connectivity index (χ1n) is 5.60. The van der Waals surface area contributed by atoms with Crippen molar-refractivity contribution in [2.75, 3.05) is 11.9 Å². The maximum Gasteiger partial charge on any atom is 0.335 e. The molecule has 0 fully saturated rings. The van der Waals surface area contributed by atoms with Crippen LogP contribution in [0.4, 0.5) is 5.82 Å².